The van der Waals surface area contributed by atoms with Crippen LogP contribution in [0.5, 0.6) is 0 Å². The minimum absolute atomic E-state index is 0.166. The van der Waals surface area contributed by atoms with E-state index in [-0.39, 0.29) is 5.91 Å². The van der Waals surface area contributed by atoms with Crippen LogP contribution in [0.15, 0.2) is 48.5 Å². The van der Waals surface area contributed by atoms with Gasteiger partial charge in [0, 0.05) is 35.3 Å². The topological polar surface area (TPSA) is 59.0 Å². The fourth-order valence-corrected chi connectivity index (χ4v) is 7.55. The number of amides is 1. The first-order valence-electron chi connectivity index (χ1n) is 13.1. The zero-order valence-corrected chi connectivity index (χ0v) is 22.0. The van der Waals surface area contributed by atoms with Crippen molar-refractivity contribution >= 4 is 29.1 Å². The molecule has 4 fully saturated rings. The summed E-state index contributed by atoms with van der Waals surface area (Å²) in [5.41, 5.74) is 3.71. The number of aromatic nitrogens is 2. The van der Waals surface area contributed by atoms with Crippen LogP contribution in [-0.2, 0) is 0 Å². The van der Waals surface area contributed by atoms with Crippen molar-refractivity contribution < 1.29 is 4.79 Å². The Morgan fingerprint density at radius 1 is 0.944 bits per heavy atom. The Hall–Kier alpha value is -2.34. The standard InChI is InChI=1S/C29H32Cl2N4O/c1-17-26(29(36)33-11-10-32-27-21-13-18-12-19(15-21)16-22(27)14-18)34-35(25-5-3-2-4-24(25)31)28(17)20-6-8-23(30)9-7-20/h2-9,18-19,21-22,27,32H,10-16H2,1H3,(H,33,36). The number of carbonyl (C=O) groups is 1. The summed E-state index contributed by atoms with van der Waals surface area (Å²) in [4.78, 5) is 13.3. The van der Waals surface area contributed by atoms with Crippen LogP contribution < -0.4 is 10.6 Å². The quantitative estimate of drug-likeness (QED) is 0.358. The van der Waals surface area contributed by atoms with Gasteiger partial charge in [0.1, 0.15) is 0 Å². The fourth-order valence-electron chi connectivity index (χ4n) is 7.21. The predicted octanol–water partition coefficient (Wildman–Crippen LogP) is 6.30. The van der Waals surface area contributed by atoms with Crippen LogP contribution in [-0.4, -0.2) is 34.8 Å². The molecule has 36 heavy (non-hydrogen) atoms. The second-order valence-corrected chi connectivity index (χ2v) is 11.7. The number of rotatable bonds is 7. The molecule has 0 atom stereocenters. The predicted molar refractivity (Wildman–Crippen MR) is 145 cm³/mol. The van der Waals surface area contributed by atoms with Crippen molar-refractivity contribution in [3.8, 4) is 16.9 Å². The molecule has 4 saturated carbocycles. The van der Waals surface area contributed by atoms with E-state index in [0.29, 0.717) is 28.3 Å². The molecule has 0 unspecified atom stereocenters. The molecular weight excluding hydrogens is 491 g/mol. The van der Waals surface area contributed by atoms with Crippen LogP contribution in [0.1, 0.15) is 48.2 Å². The van der Waals surface area contributed by atoms with Gasteiger partial charge >= 0.3 is 0 Å². The van der Waals surface area contributed by atoms with Crippen molar-refractivity contribution in [1.29, 1.82) is 0 Å². The van der Waals surface area contributed by atoms with Gasteiger partial charge in [-0.3, -0.25) is 4.79 Å². The van der Waals surface area contributed by atoms with E-state index in [9.17, 15) is 4.79 Å². The van der Waals surface area contributed by atoms with Crippen LogP contribution in [0.4, 0.5) is 0 Å². The van der Waals surface area contributed by atoms with E-state index in [0.717, 1.165) is 52.7 Å². The Kier molecular flexibility index (Phi) is 6.57. The first-order valence-corrected chi connectivity index (χ1v) is 13.9. The number of nitrogens with one attached hydrogen (secondary N) is 2. The van der Waals surface area contributed by atoms with Gasteiger partial charge in [0.15, 0.2) is 5.69 Å². The lowest BCUT2D eigenvalue weighted by Gasteiger charge is -2.54. The number of hydrogen-bond donors (Lipinski definition) is 2. The molecule has 2 N–H and O–H groups in total. The highest BCUT2D eigenvalue weighted by Crippen LogP contribution is 2.53. The monoisotopic (exact) mass is 522 g/mol. The summed E-state index contributed by atoms with van der Waals surface area (Å²) in [6.45, 7) is 3.30. The Morgan fingerprint density at radius 3 is 2.28 bits per heavy atom. The zero-order valence-electron chi connectivity index (χ0n) is 20.5. The van der Waals surface area contributed by atoms with Gasteiger partial charge in [-0.2, -0.15) is 5.10 Å². The van der Waals surface area contributed by atoms with E-state index in [2.05, 4.69) is 10.6 Å². The first-order chi connectivity index (χ1) is 17.5. The molecule has 0 radical (unpaired) electrons. The van der Waals surface area contributed by atoms with Crippen molar-refractivity contribution in [2.45, 2.75) is 45.1 Å². The maximum atomic E-state index is 13.3. The number of halogens is 2. The van der Waals surface area contributed by atoms with E-state index in [4.69, 9.17) is 28.3 Å². The first kappa shape index (κ1) is 24.0. The average Bonchev–Trinajstić information content (AvgIpc) is 3.20. The van der Waals surface area contributed by atoms with Gasteiger partial charge in [-0.15, -0.1) is 0 Å². The van der Waals surface area contributed by atoms with Crippen molar-refractivity contribution in [3.63, 3.8) is 0 Å². The highest BCUT2D eigenvalue weighted by Gasteiger charge is 2.47. The van der Waals surface area contributed by atoms with Crippen molar-refractivity contribution in [3.05, 3.63) is 69.8 Å². The van der Waals surface area contributed by atoms with E-state index in [1.807, 2.05) is 55.5 Å². The lowest BCUT2D eigenvalue weighted by Crippen LogP contribution is -2.55. The van der Waals surface area contributed by atoms with Crippen molar-refractivity contribution in [2.75, 3.05) is 13.1 Å². The number of hydrogen-bond acceptors (Lipinski definition) is 3. The molecule has 4 aliphatic rings. The number of para-hydroxylation sites is 1. The summed E-state index contributed by atoms with van der Waals surface area (Å²) in [5.74, 6) is 3.42. The lowest BCUT2D eigenvalue weighted by molar-refractivity contribution is -0.0133. The van der Waals surface area contributed by atoms with Crippen LogP contribution >= 0.6 is 23.2 Å². The van der Waals surface area contributed by atoms with Crippen LogP contribution in [0.25, 0.3) is 16.9 Å². The number of carbonyl (C=O) groups excluding carboxylic acids is 1. The van der Waals surface area contributed by atoms with Gasteiger partial charge in [-0.1, -0.05) is 47.5 Å². The van der Waals surface area contributed by atoms with E-state index < -0.39 is 0 Å². The molecule has 1 heterocycles. The maximum Gasteiger partial charge on any atom is 0.272 e. The highest BCUT2D eigenvalue weighted by molar-refractivity contribution is 6.32. The molecule has 1 amide bonds. The molecule has 5 nitrogen and oxygen atoms in total. The molecule has 0 spiro atoms. The van der Waals surface area contributed by atoms with Crippen molar-refractivity contribution in [2.24, 2.45) is 23.7 Å². The van der Waals surface area contributed by atoms with Gasteiger partial charge in [0.25, 0.3) is 5.91 Å². The normalized spacial score (nSPS) is 26.4. The number of benzene rings is 2. The molecule has 1 aromatic heterocycles. The summed E-state index contributed by atoms with van der Waals surface area (Å²) < 4.78 is 1.77. The average molecular weight is 524 g/mol. The Labute approximate surface area is 222 Å². The van der Waals surface area contributed by atoms with Gasteiger partial charge in [-0.05, 0) is 87.0 Å². The van der Waals surface area contributed by atoms with Gasteiger partial charge in [-0.25, -0.2) is 4.68 Å². The largest absolute Gasteiger partial charge is 0.349 e. The second-order valence-electron chi connectivity index (χ2n) is 10.9. The Balaban J connectivity index is 1.18. The highest BCUT2D eigenvalue weighted by atomic mass is 35.5. The van der Waals surface area contributed by atoms with Gasteiger partial charge in [0.2, 0.25) is 0 Å². The summed E-state index contributed by atoms with van der Waals surface area (Å²) in [6, 6.07) is 15.7. The second kappa shape index (κ2) is 9.85. The molecule has 0 saturated heterocycles. The van der Waals surface area contributed by atoms with Crippen LogP contribution in [0.2, 0.25) is 10.0 Å². The molecule has 3 aromatic rings. The summed E-state index contributed by atoms with van der Waals surface area (Å²) in [7, 11) is 0. The van der Waals surface area contributed by atoms with Crippen LogP contribution in [0.3, 0.4) is 0 Å². The Bertz CT molecular complexity index is 1240. The minimum atomic E-state index is -0.166. The van der Waals surface area contributed by atoms with Gasteiger partial charge in [0.05, 0.1) is 16.4 Å². The third-order valence-corrected chi connectivity index (χ3v) is 9.12. The van der Waals surface area contributed by atoms with E-state index in [1.165, 1.54) is 32.1 Å². The van der Waals surface area contributed by atoms with Gasteiger partial charge < -0.3 is 10.6 Å². The molecule has 4 bridgehead atoms. The van der Waals surface area contributed by atoms with E-state index >= 15 is 0 Å². The third kappa shape index (κ3) is 4.46. The molecule has 4 aliphatic carbocycles. The van der Waals surface area contributed by atoms with Crippen LogP contribution in [0, 0.1) is 30.6 Å². The smallest absolute Gasteiger partial charge is 0.272 e. The van der Waals surface area contributed by atoms with E-state index in [1.54, 1.807) is 4.68 Å². The lowest BCUT2D eigenvalue weighted by atomic mass is 9.54. The fraction of sp³-hybridized carbons (Fsp3) is 0.448. The molecular formula is C29H32Cl2N4O. The molecule has 0 aliphatic heterocycles. The minimum Gasteiger partial charge on any atom is -0.349 e. The summed E-state index contributed by atoms with van der Waals surface area (Å²) >= 11 is 12.7. The molecule has 7 heteroatoms. The molecule has 7 rings (SSSR count). The summed E-state index contributed by atoms with van der Waals surface area (Å²) in [5, 5.41) is 12.9. The maximum absolute atomic E-state index is 13.3. The SMILES string of the molecule is Cc1c(C(=O)NCCNC2C3CC4CC(C3)CC2C4)nn(-c2ccccc2Cl)c1-c1ccc(Cl)cc1. The third-order valence-electron chi connectivity index (χ3n) is 8.55. The molecule has 2 aromatic carbocycles. The number of nitrogens with zero attached hydrogens (tertiary/aromatic N) is 2. The zero-order chi connectivity index (χ0) is 24.8. The Morgan fingerprint density at radius 2 is 1.61 bits per heavy atom. The van der Waals surface area contributed by atoms with Crippen molar-refractivity contribution in [1.82, 2.24) is 20.4 Å². The molecule has 188 valence electrons. The summed E-state index contributed by atoms with van der Waals surface area (Å²) in [6.07, 6.45) is 7.03.